The molecule has 0 aliphatic rings. The number of imidazole rings is 1. The van der Waals surface area contributed by atoms with Gasteiger partial charge in [0.25, 0.3) is 5.91 Å². The summed E-state index contributed by atoms with van der Waals surface area (Å²) in [4.78, 5) is 16.8. The third-order valence-corrected chi connectivity index (χ3v) is 4.61. The van der Waals surface area contributed by atoms with E-state index in [4.69, 9.17) is 4.74 Å². The molecule has 0 radical (unpaired) electrons. The van der Waals surface area contributed by atoms with Gasteiger partial charge in [0.1, 0.15) is 23.7 Å². The van der Waals surface area contributed by atoms with Gasteiger partial charge in [-0.15, -0.1) is 0 Å². The number of amides is 1. The van der Waals surface area contributed by atoms with Crippen LogP contribution in [0, 0.1) is 11.6 Å². The molecular formula is C22H17F2N3O2. The first-order valence-corrected chi connectivity index (χ1v) is 8.89. The average Bonchev–Trinajstić information content (AvgIpc) is 3.15. The molecule has 3 aromatic carbocycles. The van der Waals surface area contributed by atoms with E-state index in [2.05, 4.69) is 10.3 Å². The van der Waals surface area contributed by atoms with E-state index in [1.807, 2.05) is 24.3 Å². The maximum absolute atomic E-state index is 14.1. The lowest BCUT2D eigenvalue weighted by molar-refractivity contribution is 0.0951. The monoisotopic (exact) mass is 393 g/mol. The van der Waals surface area contributed by atoms with Crippen molar-refractivity contribution >= 4 is 16.9 Å². The van der Waals surface area contributed by atoms with Crippen LogP contribution in [-0.4, -0.2) is 22.6 Å². The average molecular weight is 393 g/mol. The molecule has 4 aromatic rings. The molecule has 1 amide bonds. The highest BCUT2D eigenvalue weighted by molar-refractivity contribution is 5.97. The van der Waals surface area contributed by atoms with Gasteiger partial charge in [-0.25, -0.2) is 13.8 Å². The number of hydrogen-bond acceptors (Lipinski definition) is 3. The number of hydrogen-bond donors (Lipinski definition) is 1. The minimum absolute atomic E-state index is 0.183. The van der Waals surface area contributed by atoms with Crippen molar-refractivity contribution in [3.05, 3.63) is 89.8 Å². The van der Waals surface area contributed by atoms with Gasteiger partial charge in [-0.2, -0.15) is 0 Å². The number of halogens is 2. The van der Waals surface area contributed by atoms with Crippen LogP contribution in [0.1, 0.15) is 15.9 Å². The molecular weight excluding hydrogens is 376 g/mol. The number of carbonyl (C=O) groups excluding carboxylic acids is 1. The van der Waals surface area contributed by atoms with E-state index in [9.17, 15) is 13.6 Å². The van der Waals surface area contributed by atoms with Gasteiger partial charge in [0, 0.05) is 23.7 Å². The van der Waals surface area contributed by atoms with Gasteiger partial charge in [0.05, 0.1) is 23.8 Å². The van der Waals surface area contributed by atoms with Crippen molar-refractivity contribution in [1.82, 2.24) is 14.9 Å². The van der Waals surface area contributed by atoms with E-state index in [-0.39, 0.29) is 11.6 Å². The Morgan fingerprint density at radius 1 is 1.10 bits per heavy atom. The third-order valence-electron chi connectivity index (χ3n) is 4.61. The second-order valence-corrected chi connectivity index (χ2v) is 6.41. The smallest absolute Gasteiger partial charge is 0.251 e. The van der Waals surface area contributed by atoms with Crippen LogP contribution in [0.2, 0.25) is 0 Å². The summed E-state index contributed by atoms with van der Waals surface area (Å²) >= 11 is 0. The SMILES string of the molecule is COc1ccccc1CNC(=O)c1ccc2c(c1)ncn2-c1ccc(F)cc1F. The number of ether oxygens (including phenoxy) is 1. The standard InChI is InChI=1S/C22H17F2N3O2/c1-29-21-5-3-2-4-15(21)12-25-22(28)14-6-8-20-18(10-14)26-13-27(20)19-9-7-16(23)11-17(19)24/h2-11,13H,12H2,1H3,(H,25,28). The zero-order chi connectivity index (χ0) is 20.4. The Balaban J connectivity index is 1.57. The van der Waals surface area contributed by atoms with E-state index in [1.165, 1.54) is 23.0 Å². The van der Waals surface area contributed by atoms with E-state index >= 15 is 0 Å². The predicted molar refractivity (Wildman–Crippen MR) is 105 cm³/mol. The number of nitrogens with zero attached hydrogens (tertiary/aromatic N) is 2. The van der Waals surface area contributed by atoms with Crippen molar-refractivity contribution in [2.24, 2.45) is 0 Å². The van der Waals surface area contributed by atoms with Gasteiger partial charge in [-0.1, -0.05) is 18.2 Å². The normalized spacial score (nSPS) is 10.9. The van der Waals surface area contributed by atoms with Crippen LogP contribution in [0.4, 0.5) is 8.78 Å². The summed E-state index contributed by atoms with van der Waals surface area (Å²) in [6.45, 7) is 0.316. The highest BCUT2D eigenvalue weighted by atomic mass is 19.1. The van der Waals surface area contributed by atoms with Crippen molar-refractivity contribution < 1.29 is 18.3 Å². The Bertz CT molecular complexity index is 1200. The van der Waals surface area contributed by atoms with Crippen LogP contribution in [-0.2, 0) is 6.54 Å². The van der Waals surface area contributed by atoms with E-state index < -0.39 is 11.6 Å². The number of aromatic nitrogens is 2. The number of rotatable bonds is 5. The number of fused-ring (bicyclic) bond motifs is 1. The molecule has 1 aromatic heterocycles. The van der Waals surface area contributed by atoms with E-state index in [1.54, 1.807) is 25.3 Å². The fourth-order valence-corrected chi connectivity index (χ4v) is 3.15. The van der Waals surface area contributed by atoms with Gasteiger partial charge < -0.3 is 10.1 Å². The maximum atomic E-state index is 14.1. The molecule has 4 rings (SSSR count). The van der Waals surface area contributed by atoms with Crippen LogP contribution < -0.4 is 10.1 Å². The maximum Gasteiger partial charge on any atom is 0.251 e. The number of nitrogens with one attached hydrogen (secondary N) is 1. The molecule has 1 N–H and O–H groups in total. The highest BCUT2D eigenvalue weighted by Crippen LogP contribution is 2.22. The Hall–Kier alpha value is -3.74. The van der Waals surface area contributed by atoms with E-state index in [0.29, 0.717) is 28.9 Å². The van der Waals surface area contributed by atoms with Crippen molar-refractivity contribution in [1.29, 1.82) is 0 Å². The largest absolute Gasteiger partial charge is 0.496 e. The molecule has 0 aliphatic carbocycles. The Kier molecular flexibility index (Phi) is 4.95. The van der Waals surface area contributed by atoms with Crippen LogP contribution in [0.5, 0.6) is 5.75 Å². The second kappa shape index (κ2) is 7.71. The molecule has 29 heavy (non-hydrogen) atoms. The lowest BCUT2D eigenvalue weighted by Crippen LogP contribution is -2.23. The van der Waals surface area contributed by atoms with Crippen molar-refractivity contribution in [2.45, 2.75) is 6.54 Å². The van der Waals surface area contributed by atoms with Gasteiger partial charge >= 0.3 is 0 Å². The van der Waals surface area contributed by atoms with Gasteiger partial charge in [0.15, 0.2) is 0 Å². The van der Waals surface area contributed by atoms with Crippen LogP contribution in [0.3, 0.4) is 0 Å². The topological polar surface area (TPSA) is 56.1 Å². The Morgan fingerprint density at radius 2 is 1.93 bits per heavy atom. The first-order chi connectivity index (χ1) is 14.1. The van der Waals surface area contributed by atoms with Crippen molar-refractivity contribution in [3.63, 3.8) is 0 Å². The Morgan fingerprint density at radius 3 is 2.72 bits per heavy atom. The zero-order valence-electron chi connectivity index (χ0n) is 15.5. The summed E-state index contributed by atoms with van der Waals surface area (Å²) in [5, 5.41) is 2.85. The summed E-state index contributed by atoms with van der Waals surface area (Å²) in [6.07, 6.45) is 1.44. The first-order valence-electron chi connectivity index (χ1n) is 8.89. The molecule has 0 spiro atoms. The third kappa shape index (κ3) is 3.67. The zero-order valence-corrected chi connectivity index (χ0v) is 15.5. The minimum atomic E-state index is -0.692. The lowest BCUT2D eigenvalue weighted by Gasteiger charge is -2.10. The van der Waals surface area contributed by atoms with Gasteiger partial charge in [-0.3, -0.25) is 9.36 Å². The van der Waals surface area contributed by atoms with Gasteiger partial charge in [0.2, 0.25) is 0 Å². The lowest BCUT2D eigenvalue weighted by atomic mass is 10.1. The molecule has 0 saturated carbocycles. The summed E-state index contributed by atoms with van der Waals surface area (Å²) in [6, 6.07) is 15.7. The highest BCUT2D eigenvalue weighted by Gasteiger charge is 2.13. The molecule has 0 saturated heterocycles. The fraction of sp³-hybridized carbons (Fsp3) is 0.0909. The first kappa shape index (κ1) is 18.6. The molecule has 1 heterocycles. The predicted octanol–water partition coefficient (Wildman–Crippen LogP) is 4.24. The fourth-order valence-electron chi connectivity index (χ4n) is 3.15. The molecule has 5 nitrogen and oxygen atoms in total. The summed E-state index contributed by atoms with van der Waals surface area (Å²) in [5.74, 6) is -0.906. The Labute approximate surface area is 165 Å². The van der Waals surface area contributed by atoms with Gasteiger partial charge in [-0.05, 0) is 36.4 Å². The van der Waals surface area contributed by atoms with Crippen LogP contribution in [0.25, 0.3) is 16.7 Å². The van der Waals surface area contributed by atoms with Crippen molar-refractivity contribution in [3.8, 4) is 11.4 Å². The number of para-hydroxylation sites is 1. The molecule has 0 unspecified atom stereocenters. The number of methoxy groups -OCH3 is 1. The summed E-state index contributed by atoms with van der Waals surface area (Å²) < 4.78 is 34.1. The minimum Gasteiger partial charge on any atom is -0.496 e. The van der Waals surface area contributed by atoms with Crippen LogP contribution >= 0.6 is 0 Å². The quantitative estimate of drug-likeness (QED) is 0.552. The summed E-state index contributed by atoms with van der Waals surface area (Å²) in [7, 11) is 1.58. The molecule has 7 heteroatoms. The number of carbonyl (C=O) groups is 1. The van der Waals surface area contributed by atoms with Crippen molar-refractivity contribution in [2.75, 3.05) is 7.11 Å². The molecule has 0 aliphatic heterocycles. The molecule has 0 atom stereocenters. The van der Waals surface area contributed by atoms with Crippen LogP contribution in [0.15, 0.2) is 67.0 Å². The summed E-state index contributed by atoms with van der Waals surface area (Å²) in [5.41, 5.74) is 2.61. The number of benzene rings is 3. The second-order valence-electron chi connectivity index (χ2n) is 6.41. The molecule has 0 fully saturated rings. The molecule has 146 valence electrons. The van der Waals surface area contributed by atoms with E-state index in [0.717, 1.165) is 11.6 Å². The molecule has 0 bridgehead atoms.